The van der Waals surface area contributed by atoms with Gasteiger partial charge in [0, 0.05) is 5.39 Å². The molecule has 3 N–H and O–H groups in total. The van der Waals surface area contributed by atoms with Crippen LogP contribution in [0.3, 0.4) is 0 Å². The van der Waals surface area contributed by atoms with Gasteiger partial charge in [-0.05, 0) is 30.0 Å². The van der Waals surface area contributed by atoms with E-state index in [-0.39, 0.29) is 0 Å². The van der Waals surface area contributed by atoms with E-state index in [1.807, 2.05) is 31.9 Å². The lowest BCUT2D eigenvalue weighted by molar-refractivity contribution is -0.0980. The third kappa shape index (κ3) is 5.30. The minimum Gasteiger partial charge on any atom is -0.508 e. The van der Waals surface area contributed by atoms with E-state index in [0.717, 1.165) is 5.56 Å². The van der Waals surface area contributed by atoms with Gasteiger partial charge in [-0.2, -0.15) is 8.42 Å². The smallest absolute Gasteiger partial charge is 0.298 e. The van der Waals surface area contributed by atoms with Crippen LogP contribution in [0.1, 0.15) is 5.56 Å². The number of benzene rings is 3. The first-order valence-electron chi connectivity index (χ1n) is 7.02. The monoisotopic (exact) mass is 362 g/mol. The molecule has 0 unspecified atom stereocenters. The number of phenols is 2. The number of hydrogen-bond donors (Lipinski definition) is 3. The summed E-state index contributed by atoms with van der Waals surface area (Å²) in [6.45, 7) is 3.87. The van der Waals surface area contributed by atoms with Crippen molar-refractivity contribution in [1.29, 1.82) is 0 Å². The van der Waals surface area contributed by atoms with Crippen molar-refractivity contribution in [2.24, 2.45) is 0 Å². The summed E-state index contributed by atoms with van der Waals surface area (Å²) in [6, 6.07) is 16.7. The van der Waals surface area contributed by atoms with Crippen molar-refractivity contribution in [2.45, 2.75) is 11.8 Å². The lowest BCUT2D eigenvalue weighted by Crippen LogP contribution is -1.98. The molecule has 0 aliphatic rings. The first kappa shape index (κ1) is 20.1. The van der Waals surface area contributed by atoms with Crippen LogP contribution in [0.4, 0.5) is 0 Å². The summed E-state index contributed by atoms with van der Waals surface area (Å²) in [5, 5.41) is 19.7. The first-order chi connectivity index (χ1) is 11.8. The van der Waals surface area contributed by atoms with E-state index in [1.165, 1.54) is 12.1 Å². The van der Waals surface area contributed by atoms with Gasteiger partial charge in [-0.3, -0.25) is 4.55 Å². The van der Waals surface area contributed by atoms with Gasteiger partial charge in [0.1, 0.15) is 23.2 Å². The second-order valence-electron chi connectivity index (χ2n) is 4.89. The maximum atomic E-state index is 10.9. The van der Waals surface area contributed by atoms with Crippen molar-refractivity contribution in [1.82, 2.24) is 0 Å². The number of para-hydroxylation sites is 1. The van der Waals surface area contributed by atoms with Gasteiger partial charge >= 0.3 is 0 Å². The highest BCUT2D eigenvalue weighted by molar-refractivity contribution is 7.86. The van der Waals surface area contributed by atoms with E-state index in [1.54, 1.807) is 30.3 Å². The zero-order chi connectivity index (χ0) is 19.0. The molecular formula is C18H18O6S. The van der Waals surface area contributed by atoms with Crippen molar-refractivity contribution in [2.75, 3.05) is 0 Å². The van der Waals surface area contributed by atoms with Crippen LogP contribution in [0.15, 0.2) is 65.6 Å². The molecule has 0 atom stereocenters. The average Bonchev–Trinajstić information content (AvgIpc) is 2.59. The van der Waals surface area contributed by atoms with E-state index in [9.17, 15) is 13.5 Å². The molecule has 0 aliphatic carbocycles. The largest absolute Gasteiger partial charge is 0.508 e. The predicted molar refractivity (Wildman–Crippen MR) is 95.4 cm³/mol. The normalized spacial score (nSPS) is 10.2. The molecule has 132 valence electrons. The standard InChI is InChI=1S/C10H8O4S.C7H8O.CH2O/c11-10-8-4-2-1-3-7(8)5-6-9(10)15(12,13)14;1-6-4-2-3-5-7(6)8;1-2/h1-6,11H,(H,12,13,14);2-5,8H,1H3;1H2. The van der Waals surface area contributed by atoms with Crippen LogP contribution in [-0.4, -0.2) is 30.0 Å². The summed E-state index contributed by atoms with van der Waals surface area (Å²) in [7, 11) is -4.37. The molecule has 6 nitrogen and oxygen atoms in total. The van der Waals surface area contributed by atoms with E-state index in [2.05, 4.69) is 0 Å². The van der Waals surface area contributed by atoms with Crippen LogP contribution in [-0.2, 0) is 14.9 Å². The fourth-order valence-electron chi connectivity index (χ4n) is 2.01. The summed E-state index contributed by atoms with van der Waals surface area (Å²) in [6.07, 6.45) is 0. The topological polar surface area (TPSA) is 112 Å². The summed E-state index contributed by atoms with van der Waals surface area (Å²) >= 11 is 0. The fourth-order valence-corrected chi connectivity index (χ4v) is 2.60. The van der Waals surface area contributed by atoms with Gasteiger partial charge in [0.2, 0.25) is 0 Å². The molecule has 0 saturated carbocycles. The second kappa shape index (κ2) is 8.81. The summed E-state index contributed by atoms with van der Waals surface area (Å²) in [4.78, 5) is 7.53. The Labute approximate surface area is 145 Å². The Morgan fingerprint density at radius 1 is 0.840 bits per heavy atom. The lowest BCUT2D eigenvalue weighted by atomic mass is 10.1. The molecule has 0 bridgehead atoms. The highest BCUT2D eigenvalue weighted by atomic mass is 32.2. The van der Waals surface area contributed by atoms with E-state index in [0.29, 0.717) is 16.5 Å². The zero-order valence-electron chi connectivity index (χ0n) is 13.5. The van der Waals surface area contributed by atoms with Gasteiger partial charge in [-0.1, -0.05) is 48.5 Å². The minimum absolute atomic E-state index is 0.368. The van der Waals surface area contributed by atoms with E-state index >= 15 is 0 Å². The molecular weight excluding hydrogens is 344 g/mol. The number of aryl methyl sites for hydroxylation is 1. The van der Waals surface area contributed by atoms with E-state index < -0.39 is 20.8 Å². The van der Waals surface area contributed by atoms with Crippen molar-refractivity contribution in [3.63, 3.8) is 0 Å². The maximum Gasteiger partial charge on any atom is 0.298 e. The fraction of sp³-hybridized carbons (Fsp3) is 0.0556. The Kier molecular flexibility index (Phi) is 7.10. The molecule has 3 rings (SSSR count). The number of phenolic OH excluding ortho intramolecular Hbond substituents is 2. The molecule has 0 heterocycles. The molecule has 0 saturated heterocycles. The van der Waals surface area contributed by atoms with Crippen LogP contribution in [0, 0.1) is 6.92 Å². The quantitative estimate of drug-likeness (QED) is 0.573. The summed E-state index contributed by atoms with van der Waals surface area (Å²) in [5.74, 6) is -0.0527. The molecule has 0 aromatic heterocycles. The van der Waals surface area contributed by atoms with Crippen LogP contribution in [0.5, 0.6) is 11.5 Å². The number of carbonyl (C=O) groups excluding carboxylic acids is 1. The Hall–Kier alpha value is -2.90. The van der Waals surface area contributed by atoms with Crippen molar-refractivity contribution in [3.05, 3.63) is 66.2 Å². The van der Waals surface area contributed by atoms with Crippen LogP contribution >= 0.6 is 0 Å². The van der Waals surface area contributed by atoms with Crippen LogP contribution < -0.4 is 0 Å². The Bertz CT molecular complexity index is 930. The second-order valence-corrected chi connectivity index (χ2v) is 6.28. The van der Waals surface area contributed by atoms with Crippen molar-refractivity contribution in [3.8, 4) is 11.5 Å². The number of rotatable bonds is 1. The third-order valence-corrected chi connectivity index (χ3v) is 4.14. The minimum atomic E-state index is -4.37. The first-order valence-corrected chi connectivity index (χ1v) is 8.46. The Morgan fingerprint density at radius 2 is 1.40 bits per heavy atom. The van der Waals surface area contributed by atoms with Gasteiger partial charge in [-0.25, -0.2) is 0 Å². The third-order valence-electron chi connectivity index (χ3n) is 3.26. The van der Waals surface area contributed by atoms with Gasteiger partial charge < -0.3 is 15.0 Å². The van der Waals surface area contributed by atoms with Gasteiger partial charge in [0.15, 0.2) is 0 Å². The molecule has 0 spiro atoms. The molecule has 25 heavy (non-hydrogen) atoms. The number of hydrogen-bond acceptors (Lipinski definition) is 5. The molecule has 3 aromatic carbocycles. The van der Waals surface area contributed by atoms with E-state index in [4.69, 9.17) is 14.5 Å². The average molecular weight is 362 g/mol. The zero-order valence-corrected chi connectivity index (χ0v) is 14.3. The lowest BCUT2D eigenvalue weighted by Gasteiger charge is -2.04. The number of fused-ring (bicyclic) bond motifs is 1. The number of aromatic hydroxyl groups is 2. The van der Waals surface area contributed by atoms with Gasteiger partial charge in [0.05, 0.1) is 0 Å². The molecule has 7 heteroatoms. The van der Waals surface area contributed by atoms with Crippen molar-refractivity contribution >= 4 is 27.7 Å². The highest BCUT2D eigenvalue weighted by Gasteiger charge is 2.16. The SMILES string of the molecule is C=O.Cc1ccccc1O.O=S(=O)(O)c1ccc2ccccc2c1O. The molecule has 0 aliphatic heterocycles. The van der Waals surface area contributed by atoms with Gasteiger partial charge in [-0.15, -0.1) is 0 Å². The van der Waals surface area contributed by atoms with Crippen LogP contribution in [0.25, 0.3) is 10.8 Å². The Morgan fingerprint density at radius 3 is 1.92 bits per heavy atom. The van der Waals surface area contributed by atoms with Gasteiger partial charge in [0.25, 0.3) is 10.1 Å². The molecule has 0 fully saturated rings. The highest BCUT2D eigenvalue weighted by Crippen LogP contribution is 2.31. The summed E-state index contributed by atoms with van der Waals surface area (Å²) < 4.78 is 30.6. The van der Waals surface area contributed by atoms with Crippen LogP contribution in [0.2, 0.25) is 0 Å². The predicted octanol–water partition coefficient (Wildman–Crippen LogP) is 3.31. The molecule has 3 aromatic rings. The maximum absolute atomic E-state index is 10.9. The molecule has 0 radical (unpaired) electrons. The number of carbonyl (C=O) groups is 1. The Balaban J connectivity index is 0.000000264. The summed E-state index contributed by atoms with van der Waals surface area (Å²) in [5.41, 5.74) is 0.924. The van der Waals surface area contributed by atoms with Crippen molar-refractivity contribution < 1.29 is 28.0 Å². The molecule has 0 amide bonds.